The predicted molar refractivity (Wildman–Crippen MR) is 114 cm³/mol. The van der Waals surface area contributed by atoms with Crippen LogP contribution in [0.4, 0.5) is 15.8 Å². The van der Waals surface area contributed by atoms with Crippen LogP contribution in [0.5, 0.6) is 0 Å². The van der Waals surface area contributed by atoms with Crippen LogP contribution in [-0.2, 0) is 6.54 Å². The fourth-order valence-corrected chi connectivity index (χ4v) is 3.22. The standard InChI is InChI=1S/C19H17Cl2FN4S/c1-11-18(24-19(27)23-16-5-3-4-15(20)17(16)21)12(2)26(25-11)10-13-6-8-14(22)9-7-13/h3-9H,10H2,1-2H3,(H2,23,24,27). The molecule has 3 rings (SSSR count). The number of benzene rings is 2. The van der Waals surface area contributed by atoms with E-state index >= 15 is 0 Å². The molecule has 140 valence electrons. The van der Waals surface area contributed by atoms with Gasteiger partial charge in [-0.2, -0.15) is 5.10 Å². The molecule has 27 heavy (non-hydrogen) atoms. The zero-order chi connectivity index (χ0) is 19.6. The normalized spacial score (nSPS) is 10.7. The third-order valence-corrected chi connectivity index (χ3v) is 5.09. The van der Waals surface area contributed by atoms with Crippen molar-refractivity contribution in [1.29, 1.82) is 0 Å². The molecule has 2 N–H and O–H groups in total. The third kappa shape index (κ3) is 4.58. The van der Waals surface area contributed by atoms with E-state index in [-0.39, 0.29) is 5.82 Å². The molecule has 1 aromatic heterocycles. The molecular weight excluding hydrogens is 406 g/mol. The van der Waals surface area contributed by atoms with Gasteiger partial charge in [-0.3, -0.25) is 4.68 Å². The van der Waals surface area contributed by atoms with E-state index in [0.717, 1.165) is 22.6 Å². The average molecular weight is 423 g/mol. The van der Waals surface area contributed by atoms with Crippen LogP contribution in [0.1, 0.15) is 17.0 Å². The molecule has 0 aliphatic rings. The molecule has 4 nitrogen and oxygen atoms in total. The Morgan fingerprint density at radius 1 is 1.11 bits per heavy atom. The number of rotatable bonds is 4. The van der Waals surface area contributed by atoms with E-state index in [1.807, 2.05) is 18.5 Å². The number of nitrogens with one attached hydrogen (secondary N) is 2. The summed E-state index contributed by atoms with van der Waals surface area (Å²) in [5.74, 6) is -0.259. The number of aryl methyl sites for hydroxylation is 1. The maximum atomic E-state index is 13.1. The van der Waals surface area contributed by atoms with Crippen LogP contribution in [0.25, 0.3) is 0 Å². The van der Waals surface area contributed by atoms with Gasteiger partial charge in [0.05, 0.1) is 39.4 Å². The van der Waals surface area contributed by atoms with Gasteiger partial charge in [0.2, 0.25) is 0 Å². The Morgan fingerprint density at radius 2 is 1.81 bits per heavy atom. The number of halogens is 3. The lowest BCUT2D eigenvalue weighted by Crippen LogP contribution is -2.20. The van der Waals surface area contributed by atoms with Crippen LogP contribution in [0.3, 0.4) is 0 Å². The molecule has 0 unspecified atom stereocenters. The van der Waals surface area contributed by atoms with E-state index in [4.69, 9.17) is 35.4 Å². The monoisotopic (exact) mass is 422 g/mol. The van der Waals surface area contributed by atoms with Crippen molar-refractivity contribution in [3.63, 3.8) is 0 Å². The van der Waals surface area contributed by atoms with Gasteiger partial charge < -0.3 is 10.6 Å². The molecule has 8 heteroatoms. The number of anilines is 2. The van der Waals surface area contributed by atoms with Gasteiger partial charge in [-0.05, 0) is 55.9 Å². The van der Waals surface area contributed by atoms with E-state index in [9.17, 15) is 4.39 Å². The summed E-state index contributed by atoms with van der Waals surface area (Å²) in [6.45, 7) is 4.38. The molecule has 0 bridgehead atoms. The minimum atomic E-state index is -0.259. The maximum absolute atomic E-state index is 13.1. The highest BCUT2D eigenvalue weighted by molar-refractivity contribution is 7.80. The highest BCUT2D eigenvalue weighted by Gasteiger charge is 2.14. The van der Waals surface area contributed by atoms with E-state index in [2.05, 4.69) is 15.7 Å². The Balaban J connectivity index is 1.75. The second-order valence-corrected chi connectivity index (χ2v) is 7.20. The Morgan fingerprint density at radius 3 is 2.52 bits per heavy atom. The van der Waals surface area contributed by atoms with Crippen molar-refractivity contribution in [2.75, 3.05) is 10.6 Å². The lowest BCUT2D eigenvalue weighted by atomic mass is 10.2. The zero-order valence-corrected chi connectivity index (χ0v) is 17.0. The molecule has 0 aliphatic heterocycles. The summed E-state index contributed by atoms with van der Waals surface area (Å²) in [7, 11) is 0. The fraction of sp³-hybridized carbons (Fsp3) is 0.158. The van der Waals surface area contributed by atoms with Gasteiger partial charge in [-0.15, -0.1) is 0 Å². The smallest absolute Gasteiger partial charge is 0.175 e. The first-order valence-electron chi connectivity index (χ1n) is 8.15. The first kappa shape index (κ1) is 19.6. The van der Waals surface area contributed by atoms with Gasteiger partial charge in [-0.25, -0.2) is 4.39 Å². The predicted octanol–water partition coefficient (Wildman–Crippen LogP) is 5.80. The Hall–Kier alpha value is -2.15. The Kier molecular flexibility index (Phi) is 5.99. The minimum absolute atomic E-state index is 0.259. The largest absolute Gasteiger partial charge is 0.331 e. The summed E-state index contributed by atoms with van der Waals surface area (Å²) >= 11 is 17.6. The number of aromatic nitrogens is 2. The van der Waals surface area contributed by atoms with Crippen LogP contribution in [0.15, 0.2) is 42.5 Å². The van der Waals surface area contributed by atoms with Gasteiger partial charge in [0, 0.05) is 0 Å². The van der Waals surface area contributed by atoms with Crippen LogP contribution in [0, 0.1) is 19.7 Å². The van der Waals surface area contributed by atoms with Crippen molar-refractivity contribution in [3.05, 3.63) is 75.3 Å². The number of hydrogen-bond acceptors (Lipinski definition) is 2. The highest BCUT2D eigenvalue weighted by Crippen LogP contribution is 2.30. The van der Waals surface area contributed by atoms with Gasteiger partial charge in [0.25, 0.3) is 0 Å². The quantitative estimate of drug-likeness (QED) is 0.521. The number of hydrogen-bond donors (Lipinski definition) is 2. The first-order chi connectivity index (χ1) is 12.8. The summed E-state index contributed by atoms with van der Waals surface area (Å²) in [5, 5.41) is 12.0. The van der Waals surface area contributed by atoms with E-state index in [1.165, 1.54) is 12.1 Å². The SMILES string of the molecule is Cc1nn(Cc2ccc(F)cc2)c(C)c1NC(=S)Nc1cccc(Cl)c1Cl. The molecule has 3 aromatic rings. The van der Waals surface area contributed by atoms with Crippen LogP contribution in [-0.4, -0.2) is 14.9 Å². The second kappa shape index (κ2) is 8.25. The molecule has 0 fully saturated rings. The summed E-state index contributed by atoms with van der Waals surface area (Å²) in [4.78, 5) is 0. The fourth-order valence-electron chi connectivity index (χ4n) is 2.66. The molecule has 0 saturated carbocycles. The van der Waals surface area contributed by atoms with Crippen molar-refractivity contribution in [2.45, 2.75) is 20.4 Å². The molecule has 0 amide bonds. The maximum Gasteiger partial charge on any atom is 0.175 e. The van der Waals surface area contributed by atoms with Crippen LogP contribution in [0.2, 0.25) is 10.0 Å². The molecule has 0 saturated heterocycles. The molecule has 2 aromatic carbocycles. The summed E-state index contributed by atoms with van der Waals surface area (Å²) in [6, 6.07) is 11.6. The lowest BCUT2D eigenvalue weighted by Gasteiger charge is -2.13. The summed E-state index contributed by atoms with van der Waals surface area (Å²) < 4.78 is 14.9. The topological polar surface area (TPSA) is 41.9 Å². The summed E-state index contributed by atoms with van der Waals surface area (Å²) in [6.07, 6.45) is 0. The van der Waals surface area contributed by atoms with Crippen molar-refractivity contribution >= 4 is 51.9 Å². The first-order valence-corrected chi connectivity index (χ1v) is 9.32. The summed E-state index contributed by atoms with van der Waals surface area (Å²) in [5.41, 5.74) is 4.11. The van der Waals surface area contributed by atoms with Gasteiger partial charge in [0.1, 0.15) is 5.82 Å². The minimum Gasteiger partial charge on any atom is -0.331 e. The van der Waals surface area contributed by atoms with Crippen LogP contribution < -0.4 is 10.6 Å². The van der Waals surface area contributed by atoms with E-state index < -0.39 is 0 Å². The average Bonchev–Trinajstić information content (AvgIpc) is 2.88. The molecule has 1 heterocycles. The Labute approximate surface area is 172 Å². The number of thiocarbonyl (C=S) groups is 1. The molecule has 0 spiro atoms. The highest BCUT2D eigenvalue weighted by atomic mass is 35.5. The third-order valence-electron chi connectivity index (χ3n) is 4.07. The second-order valence-electron chi connectivity index (χ2n) is 6.01. The van der Waals surface area contributed by atoms with Gasteiger partial charge in [0.15, 0.2) is 5.11 Å². The molecule has 0 atom stereocenters. The Bertz CT molecular complexity index is 986. The molecule has 0 radical (unpaired) electrons. The zero-order valence-electron chi connectivity index (χ0n) is 14.7. The van der Waals surface area contributed by atoms with Crippen molar-refractivity contribution in [2.24, 2.45) is 0 Å². The van der Waals surface area contributed by atoms with Crippen molar-refractivity contribution in [1.82, 2.24) is 9.78 Å². The lowest BCUT2D eigenvalue weighted by molar-refractivity contribution is 0.622. The number of nitrogens with zero attached hydrogens (tertiary/aromatic N) is 2. The molecular formula is C19H17Cl2FN4S. The van der Waals surface area contributed by atoms with Gasteiger partial charge in [-0.1, -0.05) is 41.4 Å². The van der Waals surface area contributed by atoms with E-state index in [0.29, 0.717) is 27.4 Å². The van der Waals surface area contributed by atoms with Crippen molar-refractivity contribution < 1.29 is 4.39 Å². The van der Waals surface area contributed by atoms with Crippen molar-refractivity contribution in [3.8, 4) is 0 Å². The van der Waals surface area contributed by atoms with Gasteiger partial charge >= 0.3 is 0 Å². The van der Waals surface area contributed by atoms with Crippen LogP contribution >= 0.6 is 35.4 Å². The molecule has 0 aliphatic carbocycles. The van der Waals surface area contributed by atoms with E-state index in [1.54, 1.807) is 30.3 Å².